The van der Waals surface area contributed by atoms with Crippen molar-refractivity contribution in [3.63, 3.8) is 0 Å². The highest BCUT2D eigenvalue weighted by atomic mass is 19.1. The van der Waals surface area contributed by atoms with E-state index in [2.05, 4.69) is 13.8 Å². The van der Waals surface area contributed by atoms with E-state index < -0.39 is 0 Å². The maximum absolute atomic E-state index is 14.0. The van der Waals surface area contributed by atoms with Crippen molar-refractivity contribution in [2.45, 2.75) is 26.2 Å². The summed E-state index contributed by atoms with van der Waals surface area (Å²) in [5.41, 5.74) is 6.49. The molecule has 3 nitrogen and oxygen atoms in total. The first-order valence-electron chi connectivity index (χ1n) is 6.67. The van der Waals surface area contributed by atoms with Gasteiger partial charge in [0.25, 0.3) is 0 Å². The van der Waals surface area contributed by atoms with Gasteiger partial charge in [-0.15, -0.1) is 0 Å². The lowest BCUT2D eigenvalue weighted by Gasteiger charge is -2.52. The van der Waals surface area contributed by atoms with E-state index in [1.807, 2.05) is 13.0 Å². The lowest BCUT2D eigenvalue weighted by molar-refractivity contribution is -0.116. The average Bonchev–Trinajstić information content (AvgIpc) is 2.31. The molecule has 0 amide bonds. The molecule has 0 aromatic heterocycles. The third-order valence-corrected chi connectivity index (χ3v) is 4.29. The molecule has 1 fully saturated rings. The fraction of sp³-hybridized carbons (Fsp3) is 0.600. The molecule has 1 aromatic rings. The highest BCUT2D eigenvalue weighted by molar-refractivity contribution is 5.37. The molecule has 2 rings (SSSR count). The molecule has 1 heterocycles. The van der Waals surface area contributed by atoms with E-state index in [1.165, 1.54) is 0 Å². The number of nitrogens with two attached hydrogens (primary N) is 1. The van der Waals surface area contributed by atoms with Gasteiger partial charge in [0.2, 0.25) is 0 Å². The molecule has 0 atom stereocenters. The van der Waals surface area contributed by atoms with Crippen LogP contribution in [0.2, 0.25) is 0 Å². The van der Waals surface area contributed by atoms with E-state index in [4.69, 9.17) is 15.2 Å². The van der Waals surface area contributed by atoms with Crippen molar-refractivity contribution in [1.82, 2.24) is 0 Å². The maximum Gasteiger partial charge on any atom is 0.165 e. The molecule has 1 saturated heterocycles. The molecule has 0 spiro atoms. The second-order valence-electron chi connectivity index (χ2n) is 5.74. The van der Waals surface area contributed by atoms with E-state index in [0.29, 0.717) is 32.1 Å². The van der Waals surface area contributed by atoms with Gasteiger partial charge in [-0.3, -0.25) is 0 Å². The Morgan fingerprint density at radius 2 is 2.11 bits per heavy atom. The first-order valence-corrected chi connectivity index (χ1v) is 6.67. The standard InChI is InChI=1S/C15H22FNO2/c1-4-19-13-6-5-11(7-12(13)16)15(9-18-10-15)14(2,3)8-17/h5-7H,4,8-10,17H2,1-3H3. The summed E-state index contributed by atoms with van der Waals surface area (Å²) < 4.78 is 24.6. The van der Waals surface area contributed by atoms with E-state index in [9.17, 15) is 4.39 Å². The van der Waals surface area contributed by atoms with Crippen LogP contribution in [0.5, 0.6) is 5.75 Å². The molecule has 0 bridgehead atoms. The minimum absolute atomic E-state index is 0.134. The van der Waals surface area contributed by atoms with Gasteiger partial charge >= 0.3 is 0 Å². The predicted octanol–water partition coefficient (Wildman–Crippen LogP) is 2.48. The van der Waals surface area contributed by atoms with Crippen LogP contribution in [-0.2, 0) is 10.2 Å². The van der Waals surface area contributed by atoms with Crippen LogP contribution in [0.3, 0.4) is 0 Å². The Kier molecular flexibility index (Phi) is 3.83. The molecule has 2 N–H and O–H groups in total. The summed E-state index contributed by atoms with van der Waals surface area (Å²) >= 11 is 0. The molecule has 4 heteroatoms. The minimum Gasteiger partial charge on any atom is -0.491 e. The Morgan fingerprint density at radius 1 is 1.42 bits per heavy atom. The van der Waals surface area contributed by atoms with Crippen LogP contribution in [0.1, 0.15) is 26.3 Å². The molecule has 106 valence electrons. The highest BCUT2D eigenvalue weighted by Gasteiger charge is 2.51. The van der Waals surface area contributed by atoms with Crippen molar-refractivity contribution in [1.29, 1.82) is 0 Å². The predicted molar refractivity (Wildman–Crippen MR) is 72.9 cm³/mol. The van der Waals surface area contributed by atoms with Crippen molar-refractivity contribution in [3.8, 4) is 5.75 Å². The van der Waals surface area contributed by atoms with Gasteiger partial charge in [0.1, 0.15) is 0 Å². The molecule has 19 heavy (non-hydrogen) atoms. The smallest absolute Gasteiger partial charge is 0.165 e. The zero-order valence-corrected chi connectivity index (χ0v) is 11.8. The number of benzene rings is 1. The topological polar surface area (TPSA) is 44.5 Å². The number of hydrogen-bond donors (Lipinski definition) is 1. The van der Waals surface area contributed by atoms with Gasteiger partial charge in [-0.1, -0.05) is 19.9 Å². The summed E-state index contributed by atoms with van der Waals surface area (Å²) in [5, 5.41) is 0. The number of hydrogen-bond acceptors (Lipinski definition) is 3. The normalized spacial score (nSPS) is 17.9. The van der Waals surface area contributed by atoms with Crippen LogP contribution in [-0.4, -0.2) is 26.4 Å². The van der Waals surface area contributed by atoms with Crippen LogP contribution in [0.15, 0.2) is 18.2 Å². The van der Waals surface area contributed by atoms with Crippen LogP contribution in [0, 0.1) is 11.2 Å². The molecular formula is C15H22FNO2. The van der Waals surface area contributed by atoms with Crippen LogP contribution in [0.4, 0.5) is 4.39 Å². The van der Waals surface area contributed by atoms with Gasteiger partial charge in [-0.05, 0) is 36.6 Å². The molecule has 1 aromatic carbocycles. The molecule has 0 unspecified atom stereocenters. The van der Waals surface area contributed by atoms with Crippen LogP contribution in [0.25, 0.3) is 0 Å². The van der Waals surface area contributed by atoms with Crippen molar-refractivity contribution in [2.24, 2.45) is 11.1 Å². The Labute approximate surface area is 113 Å². The molecular weight excluding hydrogens is 245 g/mol. The van der Waals surface area contributed by atoms with E-state index in [-0.39, 0.29) is 16.6 Å². The van der Waals surface area contributed by atoms with Gasteiger partial charge < -0.3 is 15.2 Å². The summed E-state index contributed by atoms with van der Waals surface area (Å²) in [7, 11) is 0. The van der Waals surface area contributed by atoms with Gasteiger partial charge in [0, 0.05) is 5.41 Å². The summed E-state index contributed by atoms with van der Waals surface area (Å²) in [6, 6.07) is 5.18. The highest BCUT2D eigenvalue weighted by Crippen LogP contribution is 2.47. The molecule has 0 saturated carbocycles. The summed E-state index contributed by atoms with van der Waals surface area (Å²) in [5.74, 6) is -0.0226. The average molecular weight is 267 g/mol. The van der Waals surface area contributed by atoms with Crippen molar-refractivity contribution >= 4 is 0 Å². The van der Waals surface area contributed by atoms with Crippen LogP contribution < -0.4 is 10.5 Å². The first-order chi connectivity index (χ1) is 8.97. The fourth-order valence-electron chi connectivity index (χ4n) is 2.52. The molecule has 1 aliphatic rings. The largest absolute Gasteiger partial charge is 0.491 e. The Morgan fingerprint density at radius 3 is 2.53 bits per heavy atom. The van der Waals surface area contributed by atoms with Gasteiger partial charge in [-0.25, -0.2) is 4.39 Å². The minimum atomic E-state index is -0.321. The third kappa shape index (κ3) is 2.23. The van der Waals surface area contributed by atoms with Gasteiger partial charge in [-0.2, -0.15) is 0 Å². The number of ether oxygens (including phenoxy) is 2. The fourth-order valence-corrected chi connectivity index (χ4v) is 2.52. The van der Waals surface area contributed by atoms with E-state index in [1.54, 1.807) is 12.1 Å². The SMILES string of the molecule is CCOc1ccc(C2(C(C)(C)CN)COC2)cc1F. The summed E-state index contributed by atoms with van der Waals surface area (Å²) in [6.45, 7) is 8.21. The van der Waals surface area contributed by atoms with Crippen molar-refractivity contribution < 1.29 is 13.9 Å². The quantitative estimate of drug-likeness (QED) is 0.891. The summed E-state index contributed by atoms with van der Waals surface area (Å²) in [4.78, 5) is 0. The van der Waals surface area contributed by atoms with Gasteiger partial charge in [0.05, 0.1) is 19.8 Å². The zero-order chi connectivity index (χ0) is 14.1. The molecule has 0 aliphatic carbocycles. The second-order valence-corrected chi connectivity index (χ2v) is 5.74. The van der Waals surface area contributed by atoms with E-state index in [0.717, 1.165) is 5.56 Å². The second kappa shape index (κ2) is 5.10. The third-order valence-electron chi connectivity index (χ3n) is 4.29. The number of rotatable bonds is 5. The monoisotopic (exact) mass is 267 g/mol. The van der Waals surface area contributed by atoms with Crippen molar-refractivity contribution in [2.75, 3.05) is 26.4 Å². The first kappa shape index (κ1) is 14.3. The summed E-state index contributed by atoms with van der Waals surface area (Å²) in [6.07, 6.45) is 0. The van der Waals surface area contributed by atoms with Crippen LogP contribution >= 0.6 is 0 Å². The molecule has 1 aliphatic heterocycles. The lowest BCUT2D eigenvalue weighted by Crippen LogP contribution is -2.59. The Bertz CT molecular complexity index is 455. The number of halogens is 1. The Hall–Kier alpha value is -1.13. The lowest BCUT2D eigenvalue weighted by atomic mass is 9.60. The van der Waals surface area contributed by atoms with Gasteiger partial charge in [0.15, 0.2) is 11.6 Å². The van der Waals surface area contributed by atoms with Crippen molar-refractivity contribution in [3.05, 3.63) is 29.6 Å². The Balaban J connectivity index is 2.37. The maximum atomic E-state index is 14.0. The molecule has 0 radical (unpaired) electrons. The van der Waals surface area contributed by atoms with E-state index >= 15 is 0 Å². The zero-order valence-electron chi connectivity index (χ0n) is 11.8.